The highest BCUT2D eigenvalue weighted by Gasteiger charge is 2.45. The van der Waals surface area contributed by atoms with Gasteiger partial charge in [0.1, 0.15) is 0 Å². The predicted octanol–water partition coefficient (Wildman–Crippen LogP) is 2.31. The van der Waals surface area contributed by atoms with Crippen LogP contribution in [0.25, 0.3) is 0 Å². The van der Waals surface area contributed by atoms with Gasteiger partial charge in [0, 0.05) is 52.4 Å². The molecule has 0 amide bonds. The molecule has 26 heavy (non-hydrogen) atoms. The summed E-state index contributed by atoms with van der Waals surface area (Å²) in [6.07, 6.45) is 5.19. The molecule has 1 aromatic rings. The molecular formula is C21H27N3O2. The van der Waals surface area contributed by atoms with Crippen molar-refractivity contribution in [3.63, 3.8) is 0 Å². The maximum Gasteiger partial charge on any atom is 0.200 e. The summed E-state index contributed by atoms with van der Waals surface area (Å²) in [4.78, 5) is 9.95. The summed E-state index contributed by atoms with van der Waals surface area (Å²) >= 11 is 0. The molecular weight excluding hydrogens is 326 g/mol. The van der Waals surface area contributed by atoms with E-state index in [4.69, 9.17) is 14.5 Å². The van der Waals surface area contributed by atoms with Crippen LogP contribution in [0.15, 0.2) is 58.7 Å². The van der Waals surface area contributed by atoms with Crippen molar-refractivity contribution in [1.29, 1.82) is 0 Å². The third-order valence-corrected chi connectivity index (χ3v) is 5.65. The zero-order valence-corrected chi connectivity index (χ0v) is 15.8. The Morgan fingerprint density at radius 3 is 2.27 bits per heavy atom. The van der Waals surface area contributed by atoms with Gasteiger partial charge >= 0.3 is 0 Å². The summed E-state index contributed by atoms with van der Waals surface area (Å²) in [7, 11) is 5.52. The van der Waals surface area contributed by atoms with E-state index in [9.17, 15) is 0 Å². The number of nitrogens with zero attached hydrogens (tertiary/aromatic N) is 3. The first-order valence-electron chi connectivity index (χ1n) is 9.23. The van der Waals surface area contributed by atoms with Gasteiger partial charge in [-0.2, -0.15) is 0 Å². The summed E-state index contributed by atoms with van der Waals surface area (Å²) in [6, 6.07) is 10.4. The van der Waals surface area contributed by atoms with E-state index < -0.39 is 6.29 Å². The second-order valence-electron chi connectivity index (χ2n) is 7.33. The average Bonchev–Trinajstić information content (AvgIpc) is 2.91. The zero-order valence-electron chi connectivity index (χ0n) is 15.8. The van der Waals surface area contributed by atoms with Crippen molar-refractivity contribution in [3.05, 3.63) is 59.3 Å². The molecule has 5 rings (SSSR count). The number of hydrogen-bond acceptors (Lipinski definition) is 5. The molecule has 1 atom stereocenters. The molecule has 5 nitrogen and oxygen atoms in total. The van der Waals surface area contributed by atoms with Gasteiger partial charge in [-0.1, -0.05) is 36.4 Å². The standard InChI is InChI=1S/C21H27N3O2/c1-23-9-11-24(12-10-23)21-13-17(14-21)19(16-7-5-4-6-8-16)22-18(15-21)20(25-2)26-3/h4-8,13,15,20H,9-12,14H2,1-3H3. The molecule has 1 unspecified atom stereocenters. The molecule has 1 aliphatic carbocycles. The van der Waals surface area contributed by atoms with Crippen molar-refractivity contribution >= 4 is 5.71 Å². The Kier molecular flexibility index (Phi) is 4.80. The van der Waals surface area contributed by atoms with Gasteiger partial charge in [-0.25, -0.2) is 4.99 Å². The molecule has 5 heteroatoms. The Bertz CT molecular complexity index is 744. The predicted molar refractivity (Wildman–Crippen MR) is 103 cm³/mol. The summed E-state index contributed by atoms with van der Waals surface area (Å²) < 4.78 is 11.1. The van der Waals surface area contributed by atoms with Gasteiger partial charge in [0.05, 0.1) is 16.9 Å². The van der Waals surface area contributed by atoms with Crippen LogP contribution in [0, 0.1) is 0 Å². The van der Waals surface area contributed by atoms with E-state index in [1.807, 2.05) is 6.07 Å². The Morgan fingerprint density at radius 1 is 1.00 bits per heavy atom. The highest BCUT2D eigenvalue weighted by molar-refractivity contribution is 6.15. The van der Waals surface area contributed by atoms with Crippen molar-refractivity contribution in [3.8, 4) is 0 Å². The quantitative estimate of drug-likeness (QED) is 0.762. The smallest absolute Gasteiger partial charge is 0.200 e. The molecule has 0 aromatic heterocycles. The van der Waals surface area contributed by atoms with Gasteiger partial charge in [-0.3, -0.25) is 4.90 Å². The van der Waals surface area contributed by atoms with Crippen LogP contribution >= 0.6 is 0 Å². The second-order valence-corrected chi connectivity index (χ2v) is 7.33. The minimum atomic E-state index is -0.452. The van der Waals surface area contributed by atoms with E-state index in [1.165, 1.54) is 5.57 Å². The van der Waals surface area contributed by atoms with E-state index in [2.05, 4.69) is 53.3 Å². The van der Waals surface area contributed by atoms with Gasteiger partial charge in [-0.05, 0) is 18.7 Å². The first-order valence-corrected chi connectivity index (χ1v) is 9.23. The summed E-state index contributed by atoms with van der Waals surface area (Å²) in [5.41, 5.74) is 4.29. The lowest BCUT2D eigenvalue weighted by Gasteiger charge is -2.49. The fourth-order valence-electron chi connectivity index (χ4n) is 4.13. The van der Waals surface area contributed by atoms with Gasteiger partial charge in [0.25, 0.3) is 0 Å². The van der Waals surface area contributed by atoms with Crippen molar-refractivity contribution in [2.75, 3.05) is 47.4 Å². The minimum Gasteiger partial charge on any atom is -0.350 e. The number of hydrogen-bond donors (Lipinski definition) is 0. The van der Waals surface area contributed by atoms with Crippen molar-refractivity contribution in [2.24, 2.45) is 4.99 Å². The van der Waals surface area contributed by atoms with E-state index in [0.29, 0.717) is 0 Å². The molecule has 3 heterocycles. The Labute approximate surface area is 155 Å². The second kappa shape index (κ2) is 7.08. The van der Waals surface area contributed by atoms with Gasteiger partial charge in [0.2, 0.25) is 0 Å². The monoisotopic (exact) mass is 353 g/mol. The summed E-state index contributed by atoms with van der Waals surface area (Å²) in [6.45, 7) is 4.32. The lowest BCUT2D eigenvalue weighted by molar-refractivity contribution is -0.0762. The van der Waals surface area contributed by atoms with Crippen LogP contribution in [0.3, 0.4) is 0 Å². The largest absolute Gasteiger partial charge is 0.350 e. The van der Waals surface area contributed by atoms with Gasteiger partial charge in [-0.15, -0.1) is 0 Å². The molecule has 0 radical (unpaired) electrons. The molecule has 0 spiro atoms. The normalized spacial score (nSPS) is 26.7. The number of likely N-dealkylation sites (N-methyl/N-ethyl adjacent to an activating group) is 1. The van der Waals surface area contributed by atoms with Crippen LogP contribution < -0.4 is 0 Å². The number of fused-ring (bicyclic) bond motifs is 1. The zero-order chi connectivity index (χ0) is 18.1. The number of methoxy groups -OCH3 is 2. The van der Waals surface area contributed by atoms with Crippen molar-refractivity contribution < 1.29 is 9.47 Å². The third-order valence-electron chi connectivity index (χ3n) is 5.65. The van der Waals surface area contributed by atoms with Crippen LogP contribution in [-0.4, -0.2) is 74.8 Å². The Hall–Kier alpha value is -1.79. The molecule has 1 fully saturated rings. The molecule has 0 saturated carbocycles. The number of ether oxygens (including phenoxy) is 2. The van der Waals surface area contributed by atoms with Crippen molar-refractivity contribution in [1.82, 2.24) is 9.80 Å². The fraction of sp³-hybridized carbons (Fsp3) is 0.476. The highest BCUT2D eigenvalue weighted by atomic mass is 16.7. The summed E-state index contributed by atoms with van der Waals surface area (Å²) in [5.74, 6) is 0. The van der Waals surface area contributed by atoms with Crippen LogP contribution in [-0.2, 0) is 9.47 Å². The van der Waals surface area contributed by atoms with Gasteiger partial charge < -0.3 is 14.4 Å². The average molecular weight is 353 g/mol. The first-order chi connectivity index (χ1) is 12.6. The highest BCUT2D eigenvalue weighted by Crippen LogP contribution is 2.43. The van der Waals surface area contributed by atoms with Gasteiger partial charge in [0.15, 0.2) is 6.29 Å². The number of rotatable bonds is 5. The maximum absolute atomic E-state index is 5.55. The lowest BCUT2D eigenvalue weighted by atomic mass is 9.74. The van der Waals surface area contributed by atoms with Crippen LogP contribution in [0.4, 0.5) is 0 Å². The van der Waals surface area contributed by atoms with E-state index in [0.717, 1.165) is 49.6 Å². The van der Waals surface area contributed by atoms with E-state index in [-0.39, 0.29) is 5.54 Å². The Morgan fingerprint density at radius 2 is 1.65 bits per heavy atom. The molecule has 3 aliphatic heterocycles. The van der Waals surface area contributed by atoms with Crippen LogP contribution in [0.2, 0.25) is 0 Å². The van der Waals surface area contributed by atoms with E-state index in [1.54, 1.807) is 14.2 Å². The number of benzene rings is 1. The minimum absolute atomic E-state index is 0.0682. The van der Waals surface area contributed by atoms with Crippen LogP contribution in [0.5, 0.6) is 0 Å². The molecule has 1 saturated heterocycles. The number of aliphatic imine (C=N–C) groups is 1. The number of piperazine rings is 1. The molecule has 1 aromatic carbocycles. The third kappa shape index (κ3) is 3.05. The molecule has 138 valence electrons. The Balaban J connectivity index is 1.73. The van der Waals surface area contributed by atoms with Crippen molar-refractivity contribution in [2.45, 2.75) is 18.2 Å². The first kappa shape index (κ1) is 17.6. The topological polar surface area (TPSA) is 37.3 Å². The summed E-state index contributed by atoms with van der Waals surface area (Å²) in [5, 5.41) is 0. The molecule has 4 aliphatic rings. The van der Waals surface area contributed by atoms with Crippen LogP contribution in [0.1, 0.15) is 12.0 Å². The molecule has 2 bridgehead atoms. The fourth-order valence-corrected chi connectivity index (χ4v) is 4.13. The molecule has 0 N–H and O–H groups in total. The SMILES string of the molecule is COC(OC)C1=CC2(N3CCN(C)CC3)C=C(C2)C(c2ccccc2)=N1. The van der Waals surface area contributed by atoms with E-state index >= 15 is 0 Å². The maximum atomic E-state index is 5.55. The lowest BCUT2D eigenvalue weighted by Crippen LogP contribution is -2.58.